The summed E-state index contributed by atoms with van der Waals surface area (Å²) >= 11 is 2.96. The fourth-order valence-electron chi connectivity index (χ4n) is 1.08. The van der Waals surface area contributed by atoms with E-state index in [4.69, 9.17) is 5.73 Å². The molecule has 2 aromatic rings. The second-order valence-corrected chi connectivity index (χ2v) is 4.90. The number of nitrogens with zero attached hydrogens (tertiary/aromatic N) is 3. The molecular formula is C9H10N4S2. The number of rotatable bonds is 3. The standard InChI is InChI=1S/C9H10N4S2/c1-6-12-9(15-13-6)14-8-3-2-4-11-7(8)5-10/h2-4H,5,10H2,1H3. The molecule has 0 aliphatic rings. The highest BCUT2D eigenvalue weighted by Gasteiger charge is 2.07. The van der Waals surface area contributed by atoms with E-state index < -0.39 is 0 Å². The number of hydrogen-bond donors (Lipinski definition) is 1. The number of hydrogen-bond acceptors (Lipinski definition) is 6. The lowest BCUT2D eigenvalue weighted by atomic mass is 10.3. The molecule has 0 unspecified atom stereocenters. The van der Waals surface area contributed by atoms with E-state index in [1.54, 1.807) is 18.0 Å². The van der Waals surface area contributed by atoms with E-state index in [1.165, 1.54) is 11.5 Å². The highest BCUT2D eigenvalue weighted by atomic mass is 32.2. The minimum Gasteiger partial charge on any atom is -0.325 e. The SMILES string of the molecule is Cc1nsc(Sc2cccnc2CN)n1. The zero-order valence-electron chi connectivity index (χ0n) is 8.17. The van der Waals surface area contributed by atoms with Crippen LogP contribution in [0.4, 0.5) is 0 Å². The van der Waals surface area contributed by atoms with E-state index in [9.17, 15) is 0 Å². The van der Waals surface area contributed by atoms with Gasteiger partial charge in [-0.15, -0.1) is 0 Å². The van der Waals surface area contributed by atoms with Gasteiger partial charge in [0.15, 0.2) is 4.34 Å². The van der Waals surface area contributed by atoms with Crippen LogP contribution in [0.1, 0.15) is 11.5 Å². The van der Waals surface area contributed by atoms with Crippen LogP contribution in [0.15, 0.2) is 27.6 Å². The molecule has 0 atom stereocenters. The maximum atomic E-state index is 5.60. The molecule has 0 aliphatic heterocycles. The van der Waals surface area contributed by atoms with Gasteiger partial charge in [-0.3, -0.25) is 4.98 Å². The van der Waals surface area contributed by atoms with E-state index in [2.05, 4.69) is 14.3 Å². The summed E-state index contributed by atoms with van der Waals surface area (Å²) in [6, 6.07) is 3.89. The van der Waals surface area contributed by atoms with Crippen LogP contribution in [0.3, 0.4) is 0 Å². The van der Waals surface area contributed by atoms with Crippen molar-refractivity contribution >= 4 is 23.3 Å². The van der Waals surface area contributed by atoms with Crippen molar-refractivity contribution in [2.24, 2.45) is 5.73 Å². The summed E-state index contributed by atoms with van der Waals surface area (Å²) < 4.78 is 5.05. The quantitative estimate of drug-likeness (QED) is 0.884. The molecule has 0 saturated carbocycles. The number of nitrogens with two attached hydrogens (primary N) is 1. The third kappa shape index (κ3) is 2.53. The average molecular weight is 238 g/mol. The van der Waals surface area contributed by atoms with Crippen LogP contribution in [0.2, 0.25) is 0 Å². The summed E-state index contributed by atoms with van der Waals surface area (Å²) in [5, 5.41) is 0. The van der Waals surface area contributed by atoms with Gasteiger partial charge in [-0.2, -0.15) is 4.37 Å². The Morgan fingerprint density at radius 3 is 3.07 bits per heavy atom. The minimum absolute atomic E-state index is 0.445. The van der Waals surface area contributed by atoms with Gasteiger partial charge in [0.1, 0.15) is 5.82 Å². The largest absolute Gasteiger partial charge is 0.325 e. The maximum absolute atomic E-state index is 5.60. The zero-order chi connectivity index (χ0) is 10.7. The molecule has 0 radical (unpaired) electrons. The third-order valence-electron chi connectivity index (χ3n) is 1.75. The van der Waals surface area contributed by atoms with Crippen molar-refractivity contribution in [3.05, 3.63) is 29.8 Å². The van der Waals surface area contributed by atoms with Gasteiger partial charge in [-0.05, 0) is 30.6 Å². The Balaban J connectivity index is 2.23. The summed E-state index contributed by atoms with van der Waals surface area (Å²) in [6.07, 6.45) is 1.75. The summed E-state index contributed by atoms with van der Waals surface area (Å²) in [7, 11) is 0. The molecule has 0 saturated heterocycles. The van der Waals surface area contributed by atoms with Gasteiger partial charge in [0, 0.05) is 17.6 Å². The first-order valence-electron chi connectivity index (χ1n) is 4.41. The Kier molecular flexibility index (Phi) is 3.30. The van der Waals surface area contributed by atoms with Crippen LogP contribution in [-0.4, -0.2) is 14.3 Å². The molecule has 2 aromatic heterocycles. The van der Waals surface area contributed by atoms with Gasteiger partial charge < -0.3 is 5.73 Å². The van der Waals surface area contributed by atoms with Crippen molar-refractivity contribution in [2.75, 3.05) is 0 Å². The van der Waals surface area contributed by atoms with Gasteiger partial charge in [0.05, 0.1) is 5.69 Å². The first-order valence-corrected chi connectivity index (χ1v) is 6.00. The minimum atomic E-state index is 0.445. The molecule has 2 rings (SSSR count). The van der Waals surface area contributed by atoms with E-state index in [0.29, 0.717) is 6.54 Å². The topological polar surface area (TPSA) is 64.7 Å². The first-order chi connectivity index (χ1) is 7.29. The van der Waals surface area contributed by atoms with E-state index in [1.807, 2.05) is 19.1 Å². The van der Waals surface area contributed by atoms with Crippen molar-refractivity contribution in [3.63, 3.8) is 0 Å². The molecular weight excluding hydrogens is 228 g/mol. The highest BCUT2D eigenvalue weighted by molar-refractivity contribution is 8.01. The lowest BCUT2D eigenvalue weighted by molar-refractivity contribution is 0.943. The van der Waals surface area contributed by atoms with E-state index in [-0.39, 0.29) is 0 Å². The Bertz CT molecular complexity index is 455. The van der Waals surface area contributed by atoms with Crippen LogP contribution in [0, 0.1) is 6.92 Å². The molecule has 4 nitrogen and oxygen atoms in total. The van der Waals surface area contributed by atoms with E-state index >= 15 is 0 Å². The van der Waals surface area contributed by atoms with Gasteiger partial charge in [0.25, 0.3) is 0 Å². The van der Waals surface area contributed by atoms with Gasteiger partial charge in [-0.25, -0.2) is 4.98 Å². The van der Waals surface area contributed by atoms with Gasteiger partial charge >= 0.3 is 0 Å². The van der Waals surface area contributed by atoms with Crippen molar-refractivity contribution in [1.29, 1.82) is 0 Å². The van der Waals surface area contributed by atoms with Crippen molar-refractivity contribution < 1.29 is 0 Å². The van der Waals surface area contributed by atoms with E-state index in [0.717, 1.165) is 20.8 Å². The first kappa shape index (κ1) is 10.5. The maximum Gasteiger partial charge on any atom is 0.174 e. The fraction of sp³-hybridized carbons (Fsp3) is 0.222. The van der Waals surface area contributed by atoms with Crippen LogP contribution >= 0.6 is 23.3 Å². The average Bonchev–Trinajstić information content (AvgIpc) is 2.65. The Morgan fingerprint density at radius 1 is 1.53 bits per heavy atom. The van der Waals surface area contributed by atoms with Gasteiger partial charge in [-0.1, -0.05) is 11.8 Å². The molecule has 0 spiro atoms. The number of aromatic nitrogens is 3. The van der Waals surface area contributed by atoms with Gasteiger partial charge in [0.2, 0.25) is 0 Å². The predicted molar refractivity (Wildman–Crippen MR) is 60.9 cm³/mol. The van der Waals surface area contributed by atoms with Crippen molar-refractivity contribution in [1.82, 2.24) is 14.3 Å². The molecule has 78 valence electrons. The summed E-state index contributed by atoms with van der Waals surface area (Å²) in [6.45, 7) is 2.33. The monoisotopic (exact) mass is 238 g/mol. The smallest absolute Gasteiger partial charge is 0.174 e. The van der Waals surface area contributed by atoms with Crippen LogP contribution < -0.4 is 5.73 Å². The summed E-state index contributed by atoms with van der Waals surface area (Å²) in [5.74, 6) is 0.806. The Morgan fingerprint density at radius 2 is 2.40 bits per heavy atom. The molecule has 0 bridgehead atoms. The highest BCUT2D eigenvalue weighted by Crippen LogP contribution is 2.30. The van der Waals surface area contributed by atoms with Crippen molar-refractivity contribution in [3.8, 4) is 0 Å². The Hall–Kier alpha value is -0.980. The fourth-order valence-corrected chi connectivity index (χ4v) is 2.80. The third-order valence-corrected chi connectivity index (χ3v) is 3.68. The molecule has 2 heterocycles. The molecule has 0 aliphatic carbocycles. The normalized spacial score (nSPS) is 10.5. The van der Waals surface area contributed by atoms with Crippen LogP contribution in [0.5, 0.6) is 0 Å². The van der Waals surface area contributed by atoms with Crippen LogP contribution in [0.25, 0.3) is 0 Å². The lowest BCUT2D eigenvalue weighted by Crippen LogP contribution is -2.00. The molecule has 2 N–H and O–H groups in total. The molecule has 0 aromatic carbocycles. The molecule has 0 amide bonds. The predicted octanol–water partition coefficient (Wildman–Crippen LogP) is 1.85. The van der Waals surface area contributed by atoms with Crippen LogP contribution in [-0.2, 0) is 6.54 Å². The van der Waals surface area contributed by atoms with Crippen molar-refractivity contribution in [2.45, 2.75) is 22.7 Å². The lowest BCUT2D eigenvalue weighted by Gasteiger charge is -2.02. The molecule has 6 heteroatoms. The second-order valence-electron chi connectivity index (χ2n) is 2.86. The second kappa shape index (κ2) is 4.69. The summed E-state index contributed by atoms with van der Waals surface area (Å²) in [5.41, 5.74) is 6.50. The Labute approximate surface area is 96.1 Å². The zero-order valence-corrected chi connectivity index (χ0v) is 9.81. The number of pyridine rings is 1. The number of aryl methyl sites for hydroxylation is 1. The summed E-state index contributed by atoms with van der Waals surface area (Å²) in [4.78, 5) is 9.55. The molecule has 15 heavy (non-hydrogen) atoms. The molecule has 0 fully saturated rings.